The van der Waals surface area contributed by atoms with Gasteiger partial charge in [0.25, 0.3) is 5.78 Å². The number of hydrogen-bond acceptors (Lipinski definition) is 6. The molecule has 0 aliphatic carbocycles. The molecule has 176 valence electrons. The SMILES string of the molecule is COc1cccc(C2/C(=C(\O)c3ccc(C)cc3)C(=O)C(=O)N2c2nc3c(C)cc(C)cc3s2)c1. The lowest BCUT2D eigenvalue weighted by Gasteiger charge is -2.23. The molecule has 7 heteroatoms. The van der Waals surface area contributed by atoms with Gasteiger partial charge >= 0.3 is 5.91 Å². The second kappa shape index (κ2) is 8.67. The van der Waals surface area contributed by atoms with Crippen molar-refractivity contribution in [2.75, 3.05) is 12.0 Å². The number of aliphatic hydroxyl groups is 1. The number of ether oxygens (including phenoxy) is 1. The Hall–Kier alpha value is -3.97. The minimum atomic E-state index is -0.853. The van der Waals surface area contributed by atoms with Gasteiger partial charge in [0.2, 0.25) is 0 Å². The van der Waals surface area contributed by atoms with Crippen molar-refractivity contribution in [2.24, 2.45) is 0 Å². The highest BCUT2D eigenvalue weighted by molar-refractivity contribution is 7.22. The first-order valence-corrected chi connectivity index (χ1v) is 12.0. The molecule has 35 heavy (non-hydrogen) atoms. The fourth-order valence-electron chi connectivity index (χ4n) is 4.49. The molecule has 1 unspecified atom stereocenters. The minimum absolute atomic E-state index is 0.0271. The first-order chi connectivity index (χ1) is 16.8. The van der Waals surface area contributed by atoms with Crippen molar-refractivity contribution in [3.63, 3.8) is 0 Å². The van der Waals surface area contributed by atoms with Crippen molar-refractivity contribution in [3.05, 3.63) is 94.1 Å². The fourth-order valence-corrected chi connectivity index (χ4v) is 5.65. The molecule has 0 bridgehead atoms. The van der Waals surface area contributed by atoms with Crippen LogP contribution in [0.15, 0.2) is 66.2 Å². The maximum absolute atomic E-state index is 13.4. The molecule has 0 radical (unpaired) electrons. The molecule has 3 aromatic carbocycles. The lowest BCUT2D eigenvalue weighted by Crippen LogP contribution is -2.29. The summed E-state index contributed by atoms with van der Waals surface area (Å²) in [5, 5.41) is 11.7. The van der Waals surface area contributed by atoms with Crippen molar-refractivity contribution in [1.29, 1.82) is 0 Å². The lowest BCUT2D eigenvalue weighted by atomic mass is 9.95. The van der Waals surface area contributed by atoms with Crippen molar-refractivity contribution >= 4 is 44.1 Å². The predicted molar refractivity (Wildman–Crippen MR) is 138 cm³/mol. The summed E-state index contributed by atoms with van der Waals surface area (Å²) in [5.74, 6) is -1.10. The standard InChI is InChI=1S/C28H24N2O4S/c1-15-8-10-18(11-9-15)25(31)22-24(19-6-5-7-20(14-19)34-4)30(27(33)26(22)32)28-29-23-17(3)12-16(2)13-21(23)35-28/h5-14,24,31H,1-4H3/b25-22+. The van der Waals surface area contributed by atoms with E-state index in [4.69, 9.17) is 9.72 Å². The van der Waals surface area contributed by atoms with Crippen LogP contribution >= 0.6 is 11.3 Å². The van der Waals surface area contributed by atoms with Crippen LogP contribution in [0.5, 0.6) is 5.75 Å². The molecule has 1 aliphatic rings. The van der Waals surface area contributed by atoms with Gasteiger partial charge in [-0.1, -0.05) is 59.4 Å². The van der Waals surface area contributed by atoms with Gasteiger partial charge in [0, 0.05) is 5.56 Å². The Morgan fingerprint density at radius 2 is 1.74 bits per heavy atom. The number of fused-ring (bicyclic) bond motifs is 1. The fraction of sp³-hybridized carbons (Fsp3) is 0.179. The number of nitrogens with zero attached hydrogens (tertiary/aromatic N) is 2. The third-order valence-electron chi connectivity index (χ3n) is 6.20. The quantitative estimate of drug-likeness (QED) is 0.223. The highest BCUT2D eigenvalue weighted by Gasteiger charge is 2.48. The van der Waals surface area contributed by atoms with E-state index in [2.05, 4.69) is 0 Å². The van der Waals surface area contributed by atoms with E-state index in [0.717, 1.165) is 26.9 Å². The minimum Gasteiger partial charge on any atom is -0.507 e. The number of thiazole rings is 1. The first kappa shape index (κ1) is 22.8. The zero-order chi connectivity index (χ0) is 24.9. The van der Waals surface area contributed by atoms with Crippen LogP contribution in [-0.4, -0.2) is 28.9 Å². The molecule has 0 spiro atoms. The second-order valence-electron chi connectivity index (χ2n) is 8.74. The summed E-state index contributed by atoms with van der Waals surface area (Å²) in [5.41, 5.74) is 5.04. The number of benzene rings is 3. The zero-order valence-electron chi connectivity index (χ0n) is 19.8. The van der Waals surface area contributed by atoms with Gasteiger partial charge in [-0.3, -0.25) is 14.5 Å². The van der Waals surface area contributed by atoms with E-state index in [9.17, 15) is 14.7 Å². The number of carbonyl (C=O) groups is 2. The van der Waals surface area contributed by atoms with Crippen molar-refractivity contribution in [3.8, 4) is 5.75 Å². The summed E-state index contributed by atoms with van der Waals surface area (Å²) in [6.45, 7) is 5.93. The van der Waals surface area contributed by atoms with Gasteiger partial charge in [-0.2, -0.15) is 0 Å². The Balaban J connectivity index is 1.75. The number of carbonyl (C=O) groups excluding carboxylic acids is 2. The molecule has 1 atom stereocenters. The Morgan fingerprint density at radius 3 is 2.46 bits per heavy atom. The maximum Gasteiger partial charge on any atom is 0.301 e. The molecule has 6 nitrogen and oxygen atoms in total. The predicted octanol–water partition coefficient (Wildman–Crippen LogP) is 5.86. The van der Waals surface area contributed by atoms with Crippen LogP contribution in [-0.2, 0) is 9.59 Å². The van der Waals surface area contributed by atoms with Gasteiger partial charge in [0.05, 0.1) is 28.9 Å². The number of aliphatic hydroxyl groups excluding tert-OH is 1. The van der Waals surface area contributed by atoms with Gasteiger partial charge in [0.1, 0.15) is 11.5 Å². The molecular weight excluding hydrogens is 460 g/mol. The largest absolute Gasteiger partial charge is 0.507 e. The van der Waals surface area contributed by atoms with Gasteiger partial charge in [-0.05, 0) is 55.7 Å². The van der Waals surface area contributed by atoms with Crippen LogP contribution in [0.3, 0.4) is 0 Å². The number of anilines is 1. The van der Waals surface area contributed by atoms with E-state index in [1.165, 1.54) is 16.2 Å². The van der Waals surface area contributed by atoms with Crippen LogP contribution in [0, 0.1) is 20.8 Å². The van der Waals surface area contributed by atoms with Crippen LogP contribution in [0.2, 0.25) is 0 Å². The molecular formula is C28H24N2O4S. The molecule has 1 aliphatic heterocycles. The first-order valence-electron chi connectivity index (χ1n) is 11.2. The smallest absolute Gasteiger partial charge is 0.301 e. The molecule has 1 fully saturated rings. The Morgan fingerprint density at radius 1 is 1.00 bits per heavy atom. The number of ketones is 1. The Kier molecular flexibility index (Phi) is 5.65. The summed E-state index contributed by atoms with van der Waals surface area (Å²) in [6, 6.07) is 17.6. The normalized spacial score (nSPS) is 17.4. The van der Waals surface area contributed by atoms with E-state index in [-0.39, 0.29) is 11.3 Å². The number of amides is 1. The van der Waals surface area contributed by atoms with Crippen LogP contribution in [0.25, 0.3) is 16.0 Å². The van der Waals surface area contributed by atoms with Gasteiger partial charge in [-0.25, -0.2) is 4.98 Å². The average molecular weight is 485 g/mol. The van der Waals surface area contributed by atoms with E-state index in [0.29, 0.717) is 22.0 Å². The number of aryl methyl sites for hydroxylation is 3. The maximum atomic E-state index is 13.4. The van der Waals surface area contributed by atoms with E-state index in [1.807, 2.05) is 51.1 Å². The molecule has 2 heterocycles. The number of rotatable bonds is 4. The number of methoxy groups -OCH3 is 1. The van der Waals surface area contributed by atoms with Crippen molar-refractivity contribution in [1.82, 2.24) is 4.98 Å². The molecule has 1 aromatic heterocycles. The number of aromatic nitrogens is 1. The van der Waals surface area contributed by atoms with Crippen LogP contribution in [0.4, 0.5) is 5.13 Å². The molecule has 0 saturated carbocycles. The van der Waals surface area contributed by atoms with Crippen molar-refractivity contribution < 1.29 is 19.4 Å². The summed E-state index contributed by atoms with van der Waals surface area (Å²) < 4.78 is 6.33. The van der Waals surface area contributed by atoms with E-state index in [1.54, 1.807) is 37.4 Å². The Labute approximate surface area is 207 Å². The highest BCUT2D eigenvalue weighted by Crippen LogP contribution is 2.45. The summed E-state index contributed by atoms with van der Waals surface area (Å²) in [4.78, 5) is 33.0. The third-order valence-corrected chi connectivity index (χ3v) is 7.21. The van der Waals surface area contributed by atoms with Gasteiger partial charge in [0.15, 0.2) is 5.13 Å². The zero-order valence-corrected chi connectivity index (χ0v) is 20.6. The second-order valence-corrected chi connectivity index (χ2v) is 9.75. The lowest BCUT2D eigenvalue weighted by molar-refractivity contribution is -0.132. The summed E-state index contributed by atoms with van der Waals surface area (Å²) >= 11 is 1.35. The number of hydrogen-bond donors (Lipinski definition) is 1. The van der Waals surface area contributed by atoms with E-state index >= 15 is 0 Å². The molecule has 1 saturated heterocycles. The summed E-state index contributed by atoms with van der Waals surface area (Å²) in [6.07, 6.45) is 0. The monoisotopic (exact) mass is 484 g/mol. The highest BCUT2D eigenvalue weighted by atomic mass is 32.1. The van der Waals surface area contributed by atoms with Gasteiger partial charge in [-0.15, -0.1) is 0 Å². The van der Waals surface area contributed by atoms with Gasteiger partial charge < -0.3 is 9.84 Å². The molecule has 4 aromatic rings. The number of Topliss-reactive ketones (excluding diaryl/α,β-unsaturated/α-hetero) is 1. The Bertz CT molecular complexity index is 1520. The topological polar surface area (TPSA) is 79.7 Å². The van der Waals surface area contributed by atoms with Crippen LogP contribution in [0.1, 0.15) is 33.9 Å². The summed E-state index contributed by atoms with van der Waals surface area (Å²) in [7, 11) is 1.56. The third kappa shape index (κ3) is 3.88. The molecule has 1 N–H and O–H groups in total. The van der Waals surface area contributed by atoms with Crippen molar-refractivity contribution in [2.45, 2.75) is 26.8 Å². The molecule has 1 amide bonds. The molecule has 5 rings (SSSR count). The van der Waals surface area contributed by atoms with Crippen LogP contribution < -0.4 is 9.64 Å². The van der Waals surface area contributed by atoms with E-state index < -0.39 is 17.7 Å². The average Bonchev–Trinajstić information content (AvgIpc) is 3.38.